The number of rotatable bonds is 4. The van der Waals surface area contributed by atoms with Crippen LogP contribution in [0.25, 0.3) is 5.76 Å². The minimum Gasteiger partial charge on any atom is -0.505 e. The highest BCUT2D eigenvalue weighted by molar-refractivity contribution is 7.89. The van der Waals surface area contributed by atoms with Crippen LogP contribution in [0.5, 0.6) is 0 Å². The quantitative estimate of drug-likeness (QED) is 0.847. The molecule has 1 aliphatic heterocycles. The van der Waals surface area contributed by atoms with Crippen molar-refractivity contribution in [1.29, 1.82) is 0 Å². The molecule has 0 radical (unpaired) electrons. The summed E-state index contributed by atoms with van der Waals surface area (Å²) in [6.45, 7) is 0.00910. The monoisotopic (exact) mass is 359 g/mol. The standard InChI is InChI=1S/C18H17NO5S/c1-24-18(21)16-17(20)14-9-5-6-10-15(14)25(22,23)19(16)12-11-13-7-3-2-4-8-13/h2-10,20H,11-12H2,1H3. The van der Waals surface area contributed by atoms with Crippen molar-refractivity contribution in [3.05, 3.63) is 71.4 Å². The number of carbonyl (C=O) groups is 1. The van der Waals surface area contributed by atoms with Crippen molar-refractivity contribution < 1.29 is 23.1 Å². The Hall–Kier alpha value is -2.80. The normalized spacial score (nSPS) is 15.6. The van der Waals surface area contributed by atoms with Crippen molar-refractivity contribution in [2.45, 2.75) is 11.3 Å². The van der Waals surface area contributed by atoms with E-state index < -0.39 is 21.8 Å². The number of aliphatic hydroxyl groups is 1. The Kier molecular flexibility index (Phi) is 4.50. The van der Waals surface area contributed by atoms with Gasteiger partial charge in [0.05, 0.1) is 12.0 Å². The Balaban J connectivity index is 2.08. The van der Waals surface area contributed by atoms with Crippen LogP contribution in [0.1, 0.15) is 11.1 Å². The number of sulfonamides is 1. The molecule has 3 rings (SSSR count). The van der Waals surface area contributed by atoms with Gasteiger partial charge in [-0.25, -0.2) is 13.2 Å². The molecule has 1 aliphatic rings. The van der Waals surface area contributed by atoms with E-state index in [0.717, 1.165) is 17.0 Å². The van der Waals surface area contributed by atoms with Crippen LogP contribution in [0.3, 0.4) is 0 Å². The first kappa shape index (κ1) is 17.0. The Morgan fingerprint density at radius 3 is 2.40 bits per heavy atom. The molecule has 0 spiro atoms. The predicted octanol–water partition coefficient (Wildman–Crippen LogP) is 2.33. The number of benzene rings is 2. The lowest BCUT2D eigenvalue weighted by Gasteiger charge is -2.30. The number of hydrogen-bond donors (Lipinski definition) is 1. The summed E-state index contributed by atoms with van der Waals surface area (Å²) >= 11 is 0. The van der Waals surface area contributed by atoms with Crippen molar-refractivity contribution in [2.75, 3.05) is 13.7 Å². The third-order valence-electron chi connectivity index (χ3n) is 4.01. The highest BCUT2D eigenvalue weighted by Gasteiger charge is 2.40. The van der Waals surface area contributed by atoms with Gasteiger partial charge in [0.2, 0.25) is 0 Å². The summed E-state index contributed by atoms with van der Waals surface area (Å²) in [6, 6.07) is 15.3. The molecule has 0 saturated carbocycles. The van der Waals surface area contributed by atoms with Gasteiger partial charge in [0.1, 0.15) is 0 Å². The Morgan fingerprint density at radius 1 is 1.08 bits per heavy atom. The lowest BCUT2D eigenvalue weighted by atomic mass is 10.1. The van der Waals surface area contributed by atoms with Gasteiger partial charge in [-0.1, -0.05) is 42.5 Å². The van der Waals surface area contributed by atoms with Crippen LogP contribution in [-0.4, -0.2) is 37.5 Å². The molecular weight excluding hydrogens is 342 g/mol. The largest absolute Gasteiger partial charge is 0.505 e. The van der Waals surface area contributed by atoms with Crippen LogP contribution < -0.4 is 0 Å². The van der Waals surface area contributed by atoms with Gasteiger partial charge in [0.15, 0.2) is 11.5 Å². The van der Waals surface area contributed by atoms with Crippen LogP contribution in [0, 0.1) is 0 Å². The third-order valence-corrected chi connectivity index (χ3v) is 5.87. The summed E-state index contributed by atoms with van der Waals surface area (Å²) in [5.74, 6) is -1.30. The number of ether oxygens (including phenoxy) is 1. The SMILES string of the molecule is COC(=O)C1=C(O)c2ccccc2S(=O)(=O)N1CCc1ccccc1. The summed E-state index contributed by atoms with van der Waals surface area (Å²) in [7, 11) is -2.83. The maximum absolute atomic E-state index is 13.0. The van der Waals surface area contributed by atoms with Crippen LogP contribution in [0.15, 0.2) is 65.2 Å². The van der Waals surface area contributed by atoms with Gasteiger partial charge in [-0.3, -0.25) is 4.31 Å². The molecule has 0 aromatic heterocycles. The van der Waals surface area contributed by atoms with E-state index in [1.807, 2.05) is 30.3 Å². The minimum absolute atomic E-state index is 0.00910. The Labute approximate surface area is 146 Å². The number of fused-ring (bicyclic) bond motifs is 1. The second kappa shape index (κ2) is 6.60. The second-order valence-corrected chi connectivity index (χ2v) is 7.33. The fraction of sp³-hybridized carbons (Fsp3) is 0.167. The summed E-state index contributed by atoms with van der Waals surface area (Å²) in [6.07, 6.45) is 0.385. The molecule has 1 N–H and O–H groups in total. The predicted molar refractivity (Wildman–Crippen MR) is 92.0 cm³/mol. The van der Waals surface area contributed by atoms with Gasteiger partial charge in [-0.2, -0.15) is 0 Å². The van der Waals surface area contributed by atoms with Gasteiger partial charge in [0, 0.05) is 12.1 Å². The van der Waals surface area contributed by atoms with Gasteiger partial charge in [0.25, 0.3) is 10.0 Å². The van der Waals surface area contributed by atoms with Crippen molar-refractivity contribution in [3.63, 3.8) is 0 Å². The molecule has 2 aromatic rings. The molecule has 0 atom stereocenters. The highest BCUT2D eigenvalue weighted by atomic mass is 32.2. The third kappa shape index (κ3) is 2.98. The maximum Gasteiger partial charge on any atom is 0.359 e. The smallest absolute Gasteiger partial charge is 0.359 e. The zero-order valence-electron chi connectivity index (χ0n) is 13.5. The summed E-state index contributed by atoms with van der Waals surface area (Å²) < 4.78 is 31.6. The van der Waals surface area contributed by atoms with Crippen LogP contribution in [-0.2, 0) is 26.0 Å². The number of methoxy groups -OCH3 is 1. The summed E-state index contributed by atoms with van der Waals surface area (Å²) in [4.78, 5) is 12.1. The molecule has 0 saturated heterocycles. The van der Waals surface area contributed by atoms with Gasteiger partial charge >= 0.3 is 5.97 Å². The molecule has 0 unspecified atom stereocenters. The highest BCUT2D eigenvalue weighted by Crippen LogP contribution is 2.35. The van der Waals surface area contributed by atoms with Crippen molar-refractivity contribution >= 4 is 21.8 Å². The number of nitrogens with zero attached hydrogens (tertiary/aromatic N) is 1. The van der Waals surface area contributed by atoms with E-state index in [1.54, 1.807) is 12.1 Å². The van der Waals surface area contributed by atoms with E-state index in [9.17, 15) is 18.3 Å². The molecule has 0 aliphatic carbocycles. The molecule has 2 aromatic carbocycles. The number of carbonyl (C=O) groups excluding carboxylic acids is 1. The van der Waals surface area contributed by atoms with E-state index in [1.165, 1.54) is 12.1 Å². The van der Waals surface area contributed by atoms with E-state index in [0.29, 0.717) is 6.42 Å². The van der Waals surface area contributed by atoms with Gasteiger partial charge in [-0.05, 0) is 24.1 Å². The molecule has 25 heavy (non-hydrogen) atoms. The van der Waals surface area contributed by atoms with E-state index >= 15 is 0 Å². The average molecular weight is 359 g/mol. The van der Waals surface area contributed by atoms with Crippen LogP contribution >= 0.6 is 0 Å². The maximum atomic E-state index is 13.0. The van der Waals surface area contributed by atoms with E-state index in [-0.39, 0.29) is 22.7 Å². The summed E-state index contributed by atoms with van der Waals surface area (Å²) in [5.41, 5.74) is 0.649. The lowest BCUT2D eigenvalue weighted by Crippen LogP contribution is -2.39. The molecule has 0 amide bonds. The first-order chi connectivity index (χ1) is 12.0. The Morgan fingerprint density at radius 2 is 1.72 bits per heavy atom. The second-order valence-electron chi connectivity index (χ2n) is 5.50. The molecule has 1 heterocycles. The van der Waals surface area contributed by atoms with E-state index in [2.05, 4.69) is 4.74 Å². The zero-order chi connectivity index (χ0) is 18.0. The molecule has 7 heteroatoms. The van der Waals surface area contributed by atoms with Gasteiger partial charge in [-0.15, -0.1) is 0 Å². The number of hydrogen-bond acceptors (Lipinski definition) is 5. The van der Waals surface area contributed by atoms with Crippen LogP contribution in [0.4, 0.5) is 0 Å². The number of aliphatic hydroxyl groups excluding tert-OH is 1. The fourth-order valence-corrected chi connectivity index (χ4v) is 4.44. The van der Waals surface area contributed by atoms with Crippen molar-refractivity contribution in [3.8, 4) is 0 Å². The number of esters is 1. The molecular formula is C18H17NO5S. The first-order valence-electron chi connectivity index (χ1n) is 7.64. The molecule has 0 bridgehead atoms. The average Bonchev–Trinajstić information content (AvgIpc) is 2.64. The lowest BCUT2D eigenvalue weighted by molar-refractivity contribution is -0.137. The van der Waals surface area contributed by atoms with Crippen LogP contribution in [0.2, 0.25) is 0 Å². The van der Waals surface area contributed by atoms with Gasteiger partial charge < -0.3 is 9.84 Å². The topological polar surface area (TPSA) is 83.9 Å². The molecule has 130 valence electrons. The summed E-state index contributed by atoms with van der Waals surface area (Å²) in [5, 5.41) is 10.5. The fourth-order valence-electron chi connectivity index (χ4n) is 2.77. The molecule has 0 fully saturated rings. The molecule has 6 nitrogen and oxygen atoms in total. The zero-order valence-corrected chi connectivity index (χ0v) is 14.4. The van der Waals surface area contributed by atoms with Crippen molar-refractivity contribution in [2.24, 2.45) is 0 Å². The van der Waals surface area contributed by atoms with Crippen molar-refractivity contribution in [1.82, 2.24) is 4.31 Å². The Bertz CT molecular complexity index is 935. The minimum atomic E-state index is -3.98. The van der Waals surface area contributed by atoms with E-state index in [4.69, 9.17) is 0 Å². The first-order valence-corrected chi connectivity index (χ1v) is 9.08.